The second-order valence-electron chi connectivity index (χ2n) is 5.22. The summed E-state index contributed by atoms with van der Waals surface area (Å²) in [6.45, 7) is 1.92. The van der Waals surface area contributed by atoms with E-state index >= 15 is 0 Å². The minimum Gasteiger partial charge on any atom is -0.481 e. The average Bonchev–Trinajstić information content (AvgIpc) is 3.05. The summed E-state index contributed by atoms with van der Waals surface area (Å²) in [6, 6.07) is 3.21. The standard InChI is InChI=1S/C14H18N6O3/c1-2-3-10(14(22)23)11(13-17-19-20-18-13)6-9-5-4-8(7-16-9)12(15)21/h4-5,7,10-11H,2-3,6H2,1H3,(H2,15,21)(H,22,23)(H,17,18,19,20). The molecule has 0 saturated carbocycles. The Bertz CT molecular complexity index is 656. The molecule has 0 spiro atoms. The summed E-state index contributed by atoms with van der Waals surface area (Å²) in [5.41, 5.74) is 6.11. The van der Waals surface area contributed by atoms with Gasteiger partial charge in [-0.05, 0) is 18.6 Å². The predicted molar refractivity (Wildman–Crippen MR) is 79.4 cm³/mol. The lowest BCUT2D eigenvalue weighted by Gasteiger charge is -2.20. The zero-order valence-corrected chi connectivity index (χ0v) is 12.6. The minimum absolute atomic E-state index is 0.299. The maximum atomic E-state index is 11.6. The third-order valence-corrected chi connectivity index (χ3v) is 3.63. The fraction of sp³-hybridized carbons (Fsp3) is 0.429. The lowest BCUT2D eigenvalue weighted by atomic mass is 9.84. The van der Waals surface area contributed by atoms with E-state index in [4.69, 9.17) is 5.73 Å². The van der Waals surface area contributed by atoms with E-state index in [0.29, 0.717) is 29.9 Å². The first-order valence-electron chi connectivity index (χ1n) is 7.23. The number of hydrogen-bond acceptors (Lipinski definition) is 6. The average molecular weight is 318 g/mol. The Kier molecular flexibility index (Phi) is 5.34. The monoisotopic (exact) mass is 318 g/mol. The van der Waals surface area contributed by atoms with Gasteiger partial charge in [-0.2, -0.15) is 5.21 Å². The van der Waals surface area contributed by atoms with E-state index in [-0.39, 0.29) is 0 Å². The lowest BCUT2D eigenvalue weighted by molar-refractivity contribution is -0.143. The molecule has 0 aliphatic heterocycles. The summed E-state index contributed by atoms with van der Waals surface area (Å²) in [5, 5.41) is 23.2. The molecule has 1 amide bonds. The zero-order chi connectivity index (χ0) is 16.8. The number of rotatable bonds is 8. The quantitative estimate of drug-likeness (QED) is 0.642. The van der Waals surface area contributed by atoms with Crippen molar-refractivity contribution in [3.05, 3.63) is 35.4 Å². The highest BCUT2D eigenvalue weighted by Crippen LogP contribution is 2.29. The van der Waals surface area contributed by atoms with E-state index in [1.807, 2.05) is 6.92 Å². The smallest absolute Gasteiger partial charge is 0.307 e. The van der Waals surface area contributed by atoms with Gasteiger partial charge in [0, 0.05) is 24.2 Å². The van der Waals surface area contributed by atoms with Crippen LogP contribution in [0.1, 0.15) is 47.6 Å². The molecule has 122 valence electrons. The van der Waals surface area contributed by atoms with Crippen molar-refractivity contribution in [2.75, 3.05) is 0 Å². The molecule has 2 rings (SSSR count). The minimum atomic E-state index is -0.907. The van der Waals surface area contributed by atoms with Gasteiger partial charge in [-0.3, -0.25) is 14.6 Å². The van der Waals surface area contributed by atoms with E-state index in [2.05, 4.69) is 25.6 Å². The number of carbonyl (C=O) groups excluding carboxylic acids is 1. The number of aliphatic carboxylic acids is 1. The number of nitrogens with one attached hydrogen (secondary N) is 1. The van der Waals surface area contributed by atoms with Gasteiger partial charge < -0.3 is 10.8 Å². The first-order valence-corrected chi connectivity index (χ1v) is 7.23. The zero-order valence-electron chi connectivity index (χ0n) is 12.6. The molecule has 4 N–H and O–H groups in total. The van der Waals surface area contributed by atoms with Gasteiger partial charge in [0.2, 0.25) is 5.91 Å². The van der Waals surface area contributed by atoms with E-state index in [1.54, 1.807) is 12.1 Å². The van der Waals surface area contributed by atoms with Crippen molar-refractivity contribution in [1.29, 1.82) is 0 Å². The number of carboxylic acid groups (broad SMARTS) is 1. The van der Waals surface area contributed by atoms with Crippen molar-refractivity contribution < 1.29 is 14.7 Å². The molecule has 0 fully saturated rings. The maximum absolute atomic E-state index is 11.6. The van der Waals surface area contributed by atoms with Gasteiger partial charge in [0.1, 0.15) is 0 Å². The molecule has 0 bridgehead atoms. The summed E-state index contributed by atoms with van der Waals surface area (Å²) in [6.07, 6.45) is 2.92. The van der Waals surface area contributed by atoms with Crippen LogP contribution in [0, 0.1) is 5.92 Å². The number of hydrogen-bond donors (Lipinski definition) is 3. The summed E-state index contributed by atoms with van der Waals surface area (Å²) in [4.78, 5) is 26.8. The molecular weight excluding hydrogens is 300 g/mol. The van der Waals surface area contributed by atoms with Crippen LogP contribution in [-0.4, -0.2) is 42.6 Å². The Morgan fingerprint density at radius 2 is 2.17 bits per heavy atom. The molecule has 9 heteroatoms. The Morgan fingerprint density at radius 3 is 2.65 bits per heavy atom. The summed E-state index contributed by atoms with van der Waals surface area (Å²) >= 11 is 0. The third-order valence-electron chi connectivity index (χ3n) is 3.63. The van der Waals surface area contributed by atoms with Gasteiger partial charge in [0.05, 0.1) is 11.5 Å². The third kappa shape index (κ3) is 4.09. The summed E-state index contributed by atoms with van der Waals surface area (Å²) in [5.74, 6) is -2.23. The lowest BCUT2D eigenvalue weighted by Crippen LogP contribution is -2.25. The van der Waals surface area contributed by atoms with Gasteiger partial charge in [-0.1, -0.05) is 18.6 Å². The van der Waals surface area contributed by atoms with E-state index in [9.17, 15) is 14.7 Å². The van der Waals surface area contributed by atoms with Gasteiger partial charge in [-0.15, -0.1) is 10.2 Å². The van der Waals surface area contributed by atoms with Crippen LogP contribution in [0.15, 0.2) is 18.3 Å². The first kappa shape index (κ1) is 16.5. The molecule has 0 aliphatic rings. The van der Waals surface area contributed by atoms with E-state index < -0.39 is 23.7 Å². The molecule has 2 heterocycles. The van der Waals surface area contributed by atoms with Gasteiger partial charge >= 0.3 is 5.97 Å². The Labute approximate surface area is 132 Å². The number of nitrogens with zero attached hydrogens (tertiary/aromatic N) is 4. The fourth-order valence-electron chi connectivity index (χ4n) is 2.46. The van der Waals surface area contributed by atoms with E-state index in [1.165, 1.54) is 6.20 Å². The summed E-state index contributed by atoms with van der Waals surface area (Å²) in [7, 11) is 0. The molecule has 2 unspecified atom stereocenters. The summed E-state index contributed by atoms with van der Waals surface area (Å²) < 4.78 is 0. The second kappa shape index (κ2) is 7.43. The van der Waals surface area contributed by atoms with Crippen LogP contribution >= 0.6 is 0 Å². The Hall–Kier alpha value is -2.84. The Balaban J connectivity index is 2.27. The number of primary amides is 1. The van der Waals surface area contributed by atoms with E-state index in [0.717, 1.165) is 6.42 Å². The van der Waals surface area contributed by atoms with Crippen LogP contribution in [0.25, 0.3) is 0 Å². The second-order valence-corrected chi connectivity index (χ2v) is 5.22. The predicted octanol–water partition coefficient (Wildman–Crippen LogP) is 0.521. The molecule has 2 aromatic heterocycles. The SMILES string of the molecule is CCCC(C(=O)O)C(Cc1ccc(C(N)=O)cn1)c1nn[nH]n1. The highest BCUT2D eigenvalue weighted by Gasteiger charge is 2.32. The van der Waals surface area contributed by atoms with Crippen LogP contribution in [0.4, 0.5) is 0 Å². The van der Waals surface area contributed by atoms with Gasteiger partial charge in [-0.25, -0.2) is 0 Å². The highest BCUT2D eigenvalue weighted by atomic mass is 16.4. The highest BCUT2D eigenvalue weighted by molar-refractivity contribution is 5.92. The molecule has 0 radical (unpaired) electrons. The molecule has 23 heavy (non-hydrogen) atoms. The number of aromatic nitrogens is 5. The molecular formula is C14H18N6O3. The van der Waals surface area contributed by atoms with Crippen LogP contribution in [0.5, 0.6) is 0 Å². The number of tetrazole rings is 1. The number of amides is 1. The van der Waals surface area contributed by atoms with Gasteiger partial charge in [0.15, 0.2) is 5.82 Å². The normalized spacial score (nSPS) is 13.4. The van der Waals surface area contributed by atoms with Crippen LogP contribution < -0.4 is 5.73 Å². The van der Waals surface area contributed by atoms with Crippen molar-refractivity contribution >= 4 is 11.9 Å². The first-order chi connectivity index (χ1) is 11.0. The van der Waals surface area contributed by atoms with Crippen molar-refractivity contribution in [3.63, 3.8) is 0 Å². The van der Waals surface area contributed by atoms with Crippen molar-refractivity contribution in [1.82, 2.24) is 25.6 Å². The van der Waals surface area contributed by atoms with Crippen molar-refractivity contribution in [2.45, 2.75) is 32.1 Å². The molecule has 2 aromatic rings. The number of pyridine rings is 1. The maximum Gasteiger partial charge on any atom is 0.307 e. The number of carboxylic acids is 1. The van der Waals surface area contributed by atoms with Gasteiger partial charge in [0.25, 0.3) is 0 Å². The molecule has 2 atom stereocenters. The van der Waals surface area contributed by atoms with Crippen LogP contribution in [-0.2, 0) is 11.2 Å². The largest absolute Gasteiger partial charge is 0.481 e. The number of aromatic amines is 1. The van der Waals surface area contributed by atoms with Crippen molar-refractivity contribution in [2.24, 2.45) is 11.7 Å². The van der Waals surface area contributed by atoms with Crippen molar-refractivity contribution in [3.8, 4) is 0 Å². The topological polar surface area (TPSA) is 148 Å². The Morgan fingerprint density at radius 1 is 1.39 bits per heavy atom. The fourth-order valence-corrected chi connectivity index (χ4v) is 2.46. The molecule has 0 aliphatic carbocycles. The molecule has 0 aromatic carbocycles. The molecule has 9 nitrogen and oxygen atoms in total. The van der Waals surface area contributed by atoms with Crippen LogP contribution in [0.3, 0.4) is 0 Å². The molecule has 0 saturated heterocycles. The van der Waals surface area contributed by atoms with Crippen LogP contribution in [0.2, 0.25) is 0 Å². The number of H-pyrrole nitrogens is 1. The number of carbonyl (C=O) groups is 2. The number of nitrogens with two attached hydrogens (primary N) is 1.